The Morgan fingerprint density at radius 3 is 2.86 bits per heavy atom. The second-order valence-electron chi connectivity index (χ2n) is 2.44. The highest BCUT2D eigenvalue weighted by Gasteiger charge is 2.00. The Morgan fingerprint density at radius 1 is 1.36 bits per heavy atom. The van der Waals surface area contributed by atoms with E-state index in [1.165, 1.54) is 24.3 Å². The fourth-order valence-electron chi connectivity index (χ4n) is 0.864. The predicted molar refractivity (Wildman–Crippen MR) is 50.1 cm³/mol. The summed E-state index contributed by atoms with van der Waals surface area (Å²) >= 11 is 1.36. The zero-order valence-electron chi connectivity index (χ0n) is 7.04. The molecule has 0 fully saturated rings. The highest BCUT2D eigenvalue weighted by Crippen LogP contribution is 2.20. The average Bonchev–Trinajstić information content (AvgIpc) is 2.72. The van der Waals surface area contributed by atoms with Crippen molar-refractivity contribution < 1.29 is 4.79 Å². The summed E-state index contributed by atoms with van der Waals surface area (Å²) in [4.78, 5) is 18.4. The van der Waals surface area contributed by atoms with Gasteiger partial charge in [0.05, 0.1) is 0 Å². The van der Waals surface area contributed by atoms with E-state index in [2.05, 4.69) is 20.2 Å². The van der Waals surface area contributed by atoms with Crippen molar-refractivity contribution in [3.8, 4) is 0 Å². The fraction of sp³-hybridized carbons (Fsp3) is 0. The standard InChI is InChI=1S/C8H6N4OS/c13-4-6-1-2-7(9-3-6)14-8-10-5-11-12-8/h1-5H,(H,10,11,12). The van der Waals surface area contributed by atoms with Crippen LogP contribution < -0.4 is 0 Å². The second kappa shape index (κ2) is 4.01. The van der Waals surface area contributed by atoms with Crippen LogP contribution in [0.25, 0.3) is 0 Å². The molecule has 1 N–H and O–H groups in total. The van der Waals surface area contributed by atoms with Crippen LogP contribution in [0.4, 0.5) is 0 Å². The molecular weight excluding hydrogens is 200 g/mol. The molecule has 0 aromatic carbocycles. The van der Waals surface area contributed by atoms with E-state index in [0.29, 0.717) is 10.7 Å². The van der Waals surface area contributed by atoms with Crippen LogP contribution in [0, 0.1) is 0 Å². The van der Waals surface area contributed by atoms with Gasteiger partial charge in [0.15, 0.2) is 11.4 Å². The fourth-order valence-corrected chi connectivity index (χ4v) is 1.50. The SMILES string of the molecule is O=Cc1ccc(Sc2ncn[nH]2)nc1. The molecule has 0 aliphatic heterocycles. The van der Waals surface area contributed by atoms with Crippen LogP contribution in [0.15, 0.2) is 34.8 Å². The molecule has 0 aliphatic carbocycles. The number of pyridine rings is 1. The van der Waals surface area contributed by atoms with E-state index in [4.69, 9.17) is 0 Å². The molecule has 0 bridgehead atoms. The Hall–Kier alpha value is -1.69. The molecule has 2 aromatic rings. The lowest BCUT2D eigenvalue weighted by Gasteiger charge is -1.95. The number of aromatic nitrogens is 4. The van der Waals surface area contributed by atoms with E-state index in [1.807, 2.05) is 0 Å². The number of H-pyrrole nitrogens is 1. The molecule has 0 amide bonds. The van der Waals surface area contributed by atoms with Crippen molar-refractivity contribution in [3.63, 3.8) is 0 Å². The van der Waals surface area contributed by atoms with Gasteiger partial charge in [0.25, 0.3) is 0 Å². The maximum atomic E-state index is 10.4. The number of nitrogens with zero attached hydrogens (tertiary/aromatic N) is 3. The first kappa shape index (κ1) is 8.89. The van der Waals surface area contributed by atoms with Gasteiger partial charge in [0.1, 0.15) is 11.4 Å². The van der Waals surface area contributed by atoms with Gasteiger partial charge in [-0.1, -0.05) is 0 Å². The highest BCUT2D eigenvalue weighted by molar-refractivity contribution is 7.99. The number of hydrogen-bond acceptors (Lipinski definition) is 5. The van der Waals surface area contributed by atoms with Crippen LogP contribution in [0.2, 0.25) is 0 Å². The molecule has 0 unspecified atom stereocenters. The van der Waals surface area contributed by atoms with E-state index in [0.717, 1.165) is 11.3 Å². The Balaban J connectivity index is 2.14. The number of hydrogen-bond donors (Lipinski definition) is 1. The van der Waals surface area contributed by atoms with Gasteiger partial charge < -0.3 is 0 Å². The largest absolute Gasteiger partial charge is 0.298 e. The third kappa shape index (κ3) is 1.97. The molecule has 0 saturated heterocycles. The van der Waals surface area contributed by atoms with Crippen molar-refractivity contribution in [2.75, 3.05) is 0 Å². The predicted octanol–water partition coefficient (Wildman–Crippen LogP) is 1.16. The first-order valence-corrected chi connectivity index (χ1v) is 4.64. The Bertz CT molecular complexity index is 411. The highest BCUT2D eigenvalue weighted by atomic mass is 32.2. The first-order valence-electron chi connectivity index (χ1n) is 3.83. The van der Waals surface area contributed by atoms with Crippen molar-refractivity contribution in [2.24, 2.45) is 0 Å². The minimum absolute atomic E-state index is 0.562. The maximum Gasteiger partial charge on any atom is 0.189 e. The van der Waals surface area contributed by atoms with Crippen molar-refractivity contribution in [1.29, 1.82) is 0 Å². The number of aromatic amines is 1. The Morgan fingerprint density at radius 2 is 2.29 bits per heavy atom. The first-order chi connectivity index (χ1) is 6.88. The molecule has 5 nitrogen and oxygen atoms in total. The van der Waals surface area contributed by atoms with Crippen LogP contribution in [0.5, 0.6) is 0 Å². The summed E-state index contributed by atoms with van der Waals surface area (Å²) < 4.78 is 0. The molecule has 2 heterocycles. The topological polar surface area (TPSA) is 71.5 Å². The molecule has 0 atom stereocenters. The van der Waals surface area contributed by atoms with Crippen LogP contribution in [0.3, 0.4) is 0 Å². The van der Waals surface area contributed by atoms with Gasteiger partial charge >= 0.3 is 0 Å². The normalized spacial score (nSPS) is 10.0. The molecule has 2 aromatic heterocycles. The lowest BCUT2D eigenvalue weighted by Crippen LogP contribution is -1.84. The van der Waals surface area contributed by atoms with Gasteiger partial charge in [-0.15, -0.1) is 0 Å². The lowest BCUT2D eigenvalue weighted by molar-refractivity contribution is 0.112. The molecule has 14 heavy (non-hydrogen) atoms. The van der Waals surface area contributed by atoms with Crippen LogP contribution >= 0.6 is 11.8 Å². The van der Waals surface area contributed by atoms with E-state index in [9.17, 15) is 4.79 Å². The summed E-state index contributed by atoms with van der Waals surface area (Å²) in [6.45, 7) is 0. The van der Waals surface area contributed by atoms with Crippen LogP contribution in [-0.2, 0) is 0 Å². The third-order valence-electron chi connectivity index (χ3n) is 1.49. The van der Waals surface area contributed by atoms with Crippen molar-refractivity contribution >= 4 is 18.0 Å². The summed E-state index contributed by atoms with van der Waals surface area (Å²) in [7, 11) is 0. The minimum atomic E-state index is 0.562. The number of rotatable bonds is 3. The Labute approximate surface area is 84.0 Å². The summed E-state index contributed by atoms with van der Waals surface area (Å²) in [5.74, 6) is 0. The van der Waals surface area contributed by atoms with Gasteiger partial charge in [-0.3, -0.25) is 9.89 Å². The number of carbonyl (C=O) groups is 1. The van der Waals surface area contributed by atoms with Gasteiger partial charge in [0.2, 0.25) is 0 Å². The summed E-state index contributed by atoms with van der Waals surface area (Å²) in [6, 6.07) is 3.47. The Kier molecular flexibility index (Phi) is 2.55. The number of nitrogens with one attached hydrogen (secondary N) is 1. The molecular formula is C8H6N4OS. The molecule has 6 heteroatoms. The zero-order valence-corrected chi connectivity index (χ0v) is 7.86. The summed E-state index contributed by atoms with van der Waals surface area (Å²) in [6.07, 6.45) is 3.71. The molecule has 0 spiro atoms. The average molecular weight is 206 g/mol. The van der Waals surface area contributed by atoms with E-state index >= 15 is 0 Å². The summed E-state index contributed by atoms with van der Waals surface area (Å²) in [5.41, 5.74) is 0.562. The lowest BCUT2D eigenvalue weighted by atomic mass is 10.3. The van der Waals surface area contributed by atoms with Crippen molar-refractivity contribution in [2.45, 2.75) is 10.2 Å². The third-order valence-corrected chi connectivity index (χ3v) is 2.33. The summed E-state index contributed by atoms with van der Waals surface area (Å²) in [5, 5.41) is 7.87. The number of carbonyl (C=O) groups excluding carboxylic acids is 1. The van der Waals surface area contributed by atoms with Gasteiger partial charge in [-0.2, -0.15) is 5.10 Å². The molecule has 70 valence electrons. The van der Waals surface area contributed by atoms with Crippen molar-refractivity contribution in [1.82, 2.24) is 20.2 Å². The molecule has 0 radical (unpaired) electrons. The van der Waals surface area contributed by atoms with E-state index in [1.54, 1.807) is 12.1 Å². The number of aldehydes is 1. The minimum Gasteiger partial charge on any atom is -0.298 e. The van der Waals surface area contributed by atoms with Crippen LogP contribution in [0.1, 0.15) is 10.4 Å². The monoisotopic (exact) mass is 206 g/mol. The zero-order chi connectivity index (χ0) is 9.80. The van der Waals surface area contributed by atoms with Gasteiger partial charge in [0, 0.05) is 11.8 Å². The van der Waals surface area contributed by atoms with Gasteiger partial charge in [-0.25, -0.2) is 9.97 Å². The van der Waals surface area contributed by atoms with E-state index in [-0.39, 0.29) is 0 Å². The maximum absolute atomic E-state index is 10.4. The smallest absolute Gasteiger partial charge is 0.189 e. The van der Waals surface area contributed by atoms with Crippen LogP contribution in [-0.4, -0.2) is 26.5 Å². The van der Waals surface area contributed by atoms with Crippen molar-refractivity contribution in [3.05, 3.63) is 30.2 Å². The molecule has 0 saturated carbocycles. The quantitative estimate of drug-likeness (QED) is 0.763. The molecule has 2 rings (SSSR count). The van der Waals surface area contributed by atoms with Gasteiger partial charge in [-0.05, 0) is 23.9 Å². The molecule has 0 aliphatic rings. The van der Waals surface area contributed by atoms with E-state index < -0.39 is 0 Å². The second-order valence-corrected chi connectivity index (χ2v) is 3.45.